The van der Waals surface area contributed by atoms with Crippen LogP contribution in [0.4, 0.5) is 17.3 Å². The van der Waals surface area contributed by atoms with E-state index >= 15 is 0 Å². The summed E-state index contributed by atoms with van der Waals surface area (Å²) in [5.74, 6) is 1.93. The van der Waals surface area contributed by atoms with Crippen molar-refractivity contribution < 1.29 is 4.74 Å². The predicted molar refractivity (Wildman–Crippen MR) is 129 cm³/mol. The Morgan fingerprint density at radius 1 is 1.19 bits per heavy atom. The third-order valence-corrected chi connectivity index (χ3v) is 7.61. The molecule has 2 N–H and O–H groups in total. The molecule has 3 aromatic rings. The molecule has 9 heteroatoms. The number of nitrogen functional groups attached to an aromatic ring is 1. The molecule has 1 fully saturated rings. The van der Waals surface area contributed by atoms with Gasteiger partial charge in [-0.15, -0.1) is 0 Å². The Labute approximate surface area is 185 Å². The van der Waals surface area contributed by atoms with Crippen LogP contribution in [0.25, 0.3) is 11.0 Å². The van der Waals surface area contributed by atoms with E-state index in [-0.39, 0.29) is 0 Å². The summed E-state index contributed by atoms with van der Waals surface area (Å²) in [4.78, 5) is 18.2. The van der Waals surface area contributed by atoms with E-state index in [1.54, 1.807) is 12.5 Å². The Balaban J connectivity index is 1.44. The molecule has 1 saturated heterocycles. The summed E-state index contributed by atoms with van der Waals surface area (Å²) in [5.41, 5.74) is 7.39. The largest absolute Gasteiger partial charge is 0.397 e. The van der Waals surface area contributed by atoms with Crippen LogP contribution in [0.5, 0.6) is 0 Å². The van der Waals surface area contributed by atoms with Gasteiger partial charge >= 0.3 is 0 Å². The van der Waals surface area contributed by atoms with Crippen LogP contribution in [0.1, 0.15) is 6.42 Å². The molecule has 1 aliphatic heterocycles. The lowest BCUT2D eigenvalue weighted by atomic mass is 10.2. The highest BCUT2D eigenvalue weighted by molar-refractivity contribution is 6.76. The van der Waals surface area contributed by atoms with Gasteiger partial charge in [-0.2, -0.15) is 0 Å². The van der Waals surface area contributed by atoms with E-state index in [2.05, 4.69) is 68.3 Å². The standard InChI is InChI=1S/C22H33N7OSi/c1-27(20-6-5-17(23)13-24-20)18-7-9-28(14-18)21-19-8-10-29(22(19)26-15-25-21)16-30-11-12-31(2,3)4/h5-6,8,10,13,15,18H,7,9,11-12,14,16,23H2,1-4H3/t18-/m1/s1. The number of nitrogens with two attached hydrogens (primary N) is 1. The minimum Gasteiger partial charge on any atom is -0.397 e. The number of nitrogens with zero attached hydrogens (tertiary/aromatic N) is 6. The Hall–Kier alpha value is -2.65. The third-order valence-electron chi connectivity index (χ3n) is 5.90. The van der Waals surface area contributed by atoms with Crippen molar-refractivity contribution in [2.45, 2.75) is 44.9 Å². The van der Waals surface area contributed by atoms with Gasteiger partial charge in [-0.1, -0.05) is 19.6 Å². The lowest BCUT2D eigenvalue weighted by Gasteiger charge is -2.26. The second kappa shape index (κ2) is 8.84. The summed E-state index contributed by atoms with van der Waals surface area (Å²) < 4.78 is 8.01. The normalized spacial score (nSPS) is 16.9. The molecular formula is C22H33N7OSi. The van der Waals surface area contributed by atoms with Gasteiger partial charge in [0.2, 0.25) is 0 Å². The monoisotopic (exact) mass is 439 g/mol. The van der Waals surface area contributed by atoms with Crippen molar-refractivity contribution >= 4 is 36.4 Å². The SMILES string of the molecule is CN(c1ccc(N)cn1)[C@@H]1CCN(c2ncnc3c2ccn3COCC[Si](C)(C)C)C1. The molecule has 0 spiro atoms. The van der Waals surface area contributed by atoms with Crippen LogP contribution in [0, 0.1) is 0 Å². The summed E-state index contributed by atoms with van der Waals surface area (Å²) in [6.07, 6.45) is 6.47. The van der Waals surface area contributed by atoms with Crippen molar-refractivity contribution in [1.82, 2.24) is 19.5 Å². The molecule has 1 aliphatic rings. The van der Waals surface area contributed by atoms with Gasteiger partial charge in [0.25, 0.3) is 0 Å². The zero-order chi connectivity index (χ0) is 22.0. The molecule has 0 unspecified atom stereocenters. The van der Waals surface area contributed by atoms with Crippen LogP contribution in [-0.4, -0.2) is 60.4 Å². The topological polar surface area (TPSA) is 85.3 Å². The molecular weight excluding hydrogens is 406 g/mol. The van der Waals surface area contributed by atoms with E-state index < -0.39 is 8.07 Å². The molecule has 8 nitrogen and oxygen atoms in total. The number of hydrogen-bond donors (Lipinski definition) is 1. The maximum atomic E-state index is 5.93. The molecule has 166 valence electrons. The number of anilines is 3. The second-order valence-corrected chi connectivity index (χ2v) is 15.1. The smallest absolute Gasteiger partial charge is 0.147 e. The predicted octanol–water partition coefficient (Wildman–Crippen LogP) is 3.44. The zero-order valence-electron chi connectivity index (χ0n) is 19.0. The molecule has 0 radical (unpaired) electrons. The number of ether oxygens (including phenoxy) is 1. The van der Waals surface area contributed by atoms with E-state index in [1.807, 2.05) is 12.1 Å². The van der Waals surface area contributed by atoms with Gasteiger partial charge in [-0.05, 0) is 30.7 Å². The highest BCUT2D eigenvalue weighted by Crippen LogP contribution is 2.29. The fourth-order valence-corrected chi connectivity index (χ4v) is 4.69. The lowest BCUT2D eigenvalue weighted by Crippen LogP contribution is -2.35. The Bertz CT molecular complexity index is 1010. The van der Waals surface area contributed by atoms with E-state index in [0.29, 0.717) is 18.5 Å². The van der Waals surface area contributed by atoms with Gasteiger partial charge in [0.15, 0.2) is 0 Å². The number of hydrogen-bond acceptors (Lipinski definition) is 7. The van der Waals surface area contributed by atoms with Crippen LogP contribution in [0.3, 0.4) is 0 Å². The molecule has 4 heterocycles. The maximum absolute atomic E-state index is 5.93. The zero-order valence-corrected chi connectivity index (χ0v) is 20.0. The fourth-order valence-electron chi connectivity index (χ4n) is 3.93. The lowest BCUT2D eigenvalue weighted by molar-refractivity contribution is 0.0899. The summed E-state index contributed by atoms with van der Waals surface area (Å²) in [7, 11) is 1.01. The first-order chi connectivity index (χ1) is 14.8. The Morgan fingerprint density at radius 2 is 2.03 bits per heavy atom. The number of fused-ring (bicyclic) bond motifs is 1. The van der Waals surface area contributed by atoms with Crippen molar-refractivity contribution in [3.63, 3.8) is 0 Å². The first-order valence-electron chi connectivity index (χ1n) is 10.9. The molecule has 4 rings (SSSR count). The number of pyridine rings is 1. The summed E-state index contributed by atoms with van der Waals surface area (Å²) in [6, 6.07) is 7.51. The first kappa shape index (κ1) is 21.6. The first-order valence-corrected chi connectivity index (χ1v) is 14.6. The quantitative estimate of drug-likeness (QED) is 0.425. The average molecular weight is 440 g/mol. The molecule has 0 aromatic carbocycles. The van der Waals surface area contributed by atoms with Crippen molar-refractivity contribution in [1.29, 1.82) is 0 Å². The van der Waals surface area contributed by atoms with Gasteiger partial charge in [0.05, 0.1) is 17.3 Å². The van der Waals surface area contributed by atoms with Crippen LogP contribution in [0.2, 0.25) is 25.7 Å². The second-order valence-electron chi connectivity index (χ2n) is 9.52. The number of rotatable bonds is 8. The van der Waals surface area contributed by atoms with Crippen LogP contribution in [0.15, 0.2) is 36.9 Å². The minimum atomic E-state index is -1.08. The van der Waals surface area contributed by atoms with Gasteiger partial charge in [0.1, 0.15) is 30.3 Å². The van der Waals surface area contributed by atoms with E-state index in [0.717, 1.165) is 54.8 Å². The third kappa shape index (κ3) is 4.99. The maximum Gasteiger partial charge on any atom is 0.147 e. The molecule has 3 aromatic heterocycles. The van der Waals surface area contributed by atoms with Crippen LogP contribution in [-0.2, 0) is 11.5 Å². The van der Waals surface area contributed by atoms with Crippen molar-refractivity contribution in [3.8, 4) is 0 Å². The summed E-state index contributed by atoms with van der Waals surface area (Å²) >= 11 is 0. The molecule has 0 aliphatic carbocycles. The molecule has 31 heavy (non-hydrogen) atoms. The van der Waals surface area contributed by atoms with Crippen molar-refractivity contribution in [2.24, 2.45) is 0 Å². The van der Waals surface area contributed by atoms with Crippen LogP contribution >= 0.6 is 0 Å². The highest BCUT2D eigenvalue weighted by Gasteiger charge is 2.28. The number of aromatic nitrogens is 4. The van der Waals surface area contributed by atoms with Gasteiger partial charge < -0.3 is 24.8 Å². The van der Waals surface area contributed by atoms with Gasteiger partial charge in [-0.25, -0.2) is 15.0 Å². The van der Waals surface area contributed by atoms with E-state index in [9.17, 15) is 0 Å². The Morgan fingerprint density at radius 3 is 2.77 bits per heavy atom. The molecule has 1 atom stereocenters. The van der Waals surface area contributed by atoms with Crippen molar-refractivity contribution in [2.75, 3.05) is 42.3 Å². The highest BCUT2D eigenvalue weighted by atomic mass is 28.3. The van der Waals surface area contributed by atoms with Crippen LogP contribution < -0.4 is 15.5 Å². The minimum absolute atomic E-state index is 0.369. The molecule has 0 bridgehead atoms. The Kier molecular flexibility index (Phi) is 6.15. The summed E-state index contributed by atoms with van der Waals surface area (Å²) in [5, 5.41) is 1.07. The van der Waals surface area contributed by atoms with Gasteiger partial charge in [-0.3, -0.25) is 0 Å². The van der Waals surface area contributed by atoms with Gasteiger partial charge in [0, 0.05) is 47.1 Å². The summed E-state index contributed by atoms with van der Waals surface area (Å²) in [6.45, 7) is 10.3. The van der Waals surface area contributed by atoms with E-state index in [4.69, 9.17) is 10.5 Å². The van der Waals surface area contributed by atoms with Crippen molar-refractivity contribution in [3.05, 3.63) is 36.9 Å². The fraction of sp³-hybridized carbons (Fsp3) is 0.500. The van der Waals surface area contributed by atoms with E-state index in [1.165, 1.54) is 0 Å². The molecule has 0 amide bonds. The average Bonchev–Trinajstić information content (AvgIpc) is 3.38. The molecule has 0 saturated carbocycles. The number of likely N-dealkylation sites (N-methyl/N-ethyl adjacent to an activating group) is 1.